The van der Waals surface area contributed by atoms with Gasteiger partial charge in [-0.1, -0.05) is 0 Å². The number of thiophene rings is 1. The van der Waals surface area contributed by atoms with Crippen molar-refractivity contribution in [2.45, 2.75) is 12.6 Å². The summed E-state index contributed by atoms with van der Waals surface area (Å²) in [6, 6.07) is 8.78. The predicted octanol–water partition coefficient (Wildman–Crippen LogP) is 2.95. The molecule has 3 rings (SSSR count). The van der Waals surface area contributed by atoms with Gasteiger partial charge < -0.3 is 19.3 Å². The fourth-order valence-electron chi connectivity index (χ4n) is 1.89. The van der Waals surface area contributed by atoms with Crippen molar-refractivity contribution in [2.24, 2.45) is 0 Å². The highest BCUT2D eigenvalue weighted by Crippen LogP contribution is 2.28. The normalized spacial score (nSPS) is 12.2. The zero-order valence-electron chi connectivity index (χ0n) is 11.0. The Morgan fingerprint density at radius 2 is 2.19 bits per heavy atom. The van der Waals surface area contributed by atoms with E-state index < -0.39 is 6.10 Å². The Labute approximate surface area is 124 Å². The molecule has 0 aromatic carbocycles. The molecule has 5 nitrogen and oxygen atoms in total. The third-order valence-corrected chi connectivity index (χ3v) is 4.11. The first kappa shape index (κ1) is 13.7. The second-order valence-corrected chi connectivity index (χ2v) is 5.62. The summed E-state index contributed by atoms with van der Waals surface area (Å²) in [5, 5.41) is 12.9. The maximum Gasteiger partial charge on any atom is 0.254 e. The lowest BCUT2D eigenvalue weighted by molar-refractivity contribution is 0.0950. The van der Waals surface area contributed by atoms with Crippen LogP contribution in [0, 0.1) is 0 Å². The molecule has 21 heavy (non-hydrogen) atoms. The van der Waals surface area contributed by atoms with Crippen LogP contribution < -0.4 is 5.32 Å². The fraction of sp³-hybridized carbons (Fsp3) is 0.133. The molecule has 0 saturated heterocycles. The van der Waals surface area contributed by atoms with E-state index in [9.17, 15) is 9.90 Å². The zero-order valence-corrected chi connectivity index (χ0v) is 11.8. The highest BCUT2D eigenvalue weighted by Gasteiger charge is 2.15. The van der Waals surface area contributed by atoms with Gasteiger partial charge in [0.2, 0.25) is 0 Å². The molecule has 0 radical (unpaired) electrons. The van der Waals surface area contributed by atoms with Crippen molar-refractivity contribution in [3.8, 4) is 0 Å². The molecule has 3 heterocycles. The van der Waals surface area contributed by atoms with Gasteiger partial charge in [0.25, 0.3) is 5.91 Å². The smallest absolute Gasteiger partial charge is 0.254 e. The van der Waals surface area contributed by atoms with E-state index in [2.05, 4.69) is 5.32 Å². The number of aliphatic hydroxyl groups excluding tert-OH is 1. The topological polar surface area (TPSA) is 75.6 Å². The van der Waals surface area contributed by atoms with Crippen molar-refractivity contribution < 1.29 is 18.7 Å². The molecule has 2 N–H and O–H groups in total. The number of amides is 1. The minimum Gasteiger partial charge on any atom is -0.472 e. The monoisotopic (exact) mass is 303 g/mol. The lowest BCUT2D eigenvalue weighted by Crippen LogP contribution is -2.21. The van der Waals surface area contributed by atoms with Crippen LogP contribution in [0.15, 0.2) is 58.0 Å². The van der Waals surface area contributed by atoms with Crippen molar-refractivity contribution >= 4 is 17.2 Å². The Balaban J connectivity index is 1.62. The third-order valence-electron chi connectivity index (χ3n) is 2.97. The van der Waals surface area contributed by atoms with E-state index in [0.29, 0.717) is 17.9 Å². The van der Waals surface area contributed by atoms with E-state index in [-0.39, 0.29) is 5.91 Å². The van der Waals surface area contributed by atoms with Gasteiger partial charge >= 0.3 is 0 Å². The van der Waals surface area contributed by atoms with Crippen molar-refractivity contribution in [3.63, 3.8) is 0 Å². The molecule has 0 bridgehead atoms. The molecule has 1 amide bonds. The Morgan fingerprint density at radius 3 is 2.90 bits per heavy atom. The number of hydrogen-bond acceptors (Lipinski definition) is 5. The summed E-state index contributed by atoms with van der Waals surface area (Å²) >= 11 is 1.43. The quantitative estimate of drug-likeness (QED) is 0.760. The van der Waals surface area contributed by atoms with Gasteiger partial charge in [-0.2, -0.15) is 0 Å². The predicted molar refractivity (Wildman–Crippen MR) is 77.0 cm³/mol. The largest absolute Gasteiger partial charge is 0.472 e. The van der Waals surface area contributed by atoms with Crippen LogP contribution >= 0.6 is 11.3 Å². The second kappa shape index (κ2) is 5.99. The van der Waals surface area contributed by atoms with Crippen molar-refractivity contribution in [1.82, 2.24) is 5.32 Å². The number of carbonyl (C=O) groups is 1. The molecule has 0 spiro atoms. The maximum absolute atomic E-state index is 11.8. The summed E-state index contributed by atoms with van der Waals surface area (Å²) < 4.78 is 10.0. The molecular weight excluding hydrogens is 290 g/mol. The van der Waals surface area contributed by atoms with Crippen LogP contribution in [-0.4, -0.2) is 11.0 Å². The molecule has 108 valence electrons. The maximum atomic E-state index is 11.8. The average Bonchev–Trinajstić information content (AvgIpc) is 3.26. The Bertz CT molecular complexity index is 700. The van der Waals surface area contributed by atoms with E-state index in [4.69, 9.17) is 8.83 Å². The minimum atomic E-state index is -0.775. The van der Waals surface area contributed by atoms with Crippen molar-refractivity contribution in [2.75, 3.05) is 0 Å². The van der Waals surface area contributed by atoms with Gasteiger partial charge in [0.1, 0.15) is 18.1 Å². The van der Waals surface area contributed by atoms with E-state index in [1.807, 2.05) is 12.1 Å². The molecule has 3 aromatic rings. The van der Waals surface area contributed by atoms with Gasteiger partial charge in [-0.3, -0.25) is 4.79 Å². The summed E-state index contributed by atoms with van der Waals surface area (Å²) in [5.41, 5.74) is 0.488. The van der Waals surface area contributed by atoms with E-state index >= 15 is 0 Å². The Kier molecular flexibility index (Phi) is 3.89. The van der Waals surface area contributed by atoms with Gasteiger partial charge in [-0.25, -0.2) is 0 Å². The highest BCUT2D eigenvalue weighted by atomic mass is 32.1. The molecule has 0 fully saturated rings. The number of furan rings is 2. The lowest BCUT2D eigenvalue weighted by Gasteiger charge is -2.04. The molecule has 6 heteroatoms. The molecule has 3 aromatic heterocycles. The van der Waals surface area contributed by atoms with Crippen LogP contribution in [0.3, 0.4) is 0 Å². The summed E-state index contributed by atoms with van der Waals surface area (Å²) in [6.45, 7) is 0.402. The molecular formula is C15H13NO4S. The molecule has 0 aliphatic rings. The van der Waals surface area contributed by atoms with Crippen LogP contribution in [0.1, 0.15) is 32.0 Å². The Morgan fingerprint density at radius 1 is 1.29 bits per heavy atom. The van der Waals surface area contributed by atoms with E-state index in [1.165, 1.54) is 30.1 Å². The fourth-order valence-corrected chi connectivity index (χ4v) is 2.83. The average molecular weight is 303 g/mol. The van der Waals surface area contributed by atoms with E-state index in [1.54, 1.807) is 18.2 Å². The second-order valence-electron chi connectivity index (χ2n) is 4.42. The first-order chi connectivity index (χ1) is 10.2. The number of rotatable bonds is 5. The van der Waals surface area contributed by atoms with Gasteiger partial charge in [-0.15, -0.1) is 11.3 Å². The number of aliphatic hydroxyl groups is 1. The summed E-state index contributed by atoms with van der Waals surface area (Å²) in [4.78, 5) is 13.5. The van der Waals surface area contributed by atoms with Gasteiger partial charge in [0.15, 0.2) is 0 Å². The minimum absolute atomic E-state index is 0.190. The zero-order chi connectivity index (χ0) is 14.7. The van der Waals surface area contributed by atoms with Crippen molar-refractivity contribution in [3.05, 3.63) is 70.2 Å². The van der Waals surface area contributed by atoms with Crippen LogP contribution in [0.4, 0.5) is 0 Å². The summed E-state index contributed by atoms with van der Waals surface area (Å²) in [7, 11) is 0. The molecule has 0 aliphatic carbocycles. The van der Waals surface area contributed by atoms with Crippen LogP contribution in [0.5, 0.6) is 0 Å². The first-order valence-corrected chi connectivity index (χ1v) is 7.16. The molecule has 1 unspecified atom stereocenters. The summed E-state index contributed by atoms with van der Waals surface area (Å²) in [6.07, 6.45) is 3.61. The van der Waals surface area contributed by atoms with Crippen LogP contribution in [-0.2, 0) is 6.54 Å². The highest BCUT2D eigenvalue weighted by molar-refractivity contribution is 7.12. The number of hydrogen-bond donors (Lipinski definition) is 2. The van der Waals surface area contributed by atoms with Crippen LogP contribution in [0.25, 0.3) is 0 Å². The number of nitrogens with one attached hydrogen (secondary N) is 1. The molecule has 0 saturated carbocycles. The number of carbonyl (C=O) groups excluding carboxylic acids is 1. The third kappa shape index (κ3) is 3.07. The van der Waals surface area contributed by atoms with Crippen molar-refractivity contribution in [1.29, 1.82) is 0 Å². The SMILES string of the molecule is O=C(NCc1ccc(C(O)c2ccco2)s1)c1ccoc1. The summed E-state index contributed by atoms with van der Waals surface area (Å²) in [5.74, 6) is 0.316. The van der Waals surface area contributed by atoms with Gasteiger partial charge in [-0.05, 0) is 30.3 Å². The van der Waals surface area contributed by atoms with E-state index in [0.717, 1.165) is 9.75 Å². The van der Waals surface area contributed by atoms with Gasteiger partial charge in [0, 0.05) is 9.75 Å². The first-order valence-electron chi connectivity index (χ1n) is 6.34. The van der Waals surface area contributed by atoms with Crippen LogP contribution in [0.2, 0.25) is 0 Å². The lowest BCUT2D eigenvalue weighted by atomic mass is 10.2. The standard InChI is InChI=1S/C15H13NO4S/c17-14(12-2-1-6-20-12)13-4-3-11(21-13)8-16-15(18)10-5-7-19-9-10/h1-7,9,14,17H,8H2,(H,16,18). The Hall–Kier alpha value is -2.31. The molecule has 0 aliphatic heterocycles. The van der Waals surface area contributed by atoms with Gasteiger partial charge in [0.05, 0.1) is 24.6 Å². The molecule has 1 atom stereocenters.